The number of hydrogen-bond acceptors (Lipinski definition) is 2. The number of aliphatic hydroxyl groups is 1. The van der Waals surface area contributed by atoms with Crippen LogP contribution in [0.1, 0.15) is 5.56 Å². The highest BCUT2D eigenvalue weighted by Crippen LogP contribution is 2.09. The Morgan fingerprint density at radius 3 is 2.54 bits per heavy atom. The third-order valence-corrected chi connectivity index (χ3v) is 1.72. The van der Waals surface area contributed by atoms with Crippen LogP contribution in [0.25, 0.3) is 0 Å². The van der Waals surface area contributed by atoms with E-state index in [4.69, 9.17) is 10.8 Å². The second kappa shape index (κ2) is 4.30. The standard InChI is InChI=1S/C9H11F2NO/c10-8-2-1-6(4-9(8)11)3-7(12)5-13/h1-2,4,7,13H,3,5,12H2/t7-/m1/s1. The lowest BCUT2D eigenvalue weighted by molar-refractivity contribution is 0.265. The van der Waals surface area contributed by atoms with E-state index in [2.05, 4.69) is 0 Å². The fourth-order valence-corrected chi connectivity index (χ4v) is 1.03. The molecule has 0 unspecified atom stereocenters. The molecule has 3 N–H and O–H groups in total. The van der Waals surface area contributed by atoms with E-state index in [-0.39, 0.29) is 6.61 Å². The van der Waals surface area contributed by atoms with Crippen molar-refractivity contribution in [2.45, 2.75) is 12.5 Å². The SMILES string of the molecule is N[C@@H](CO)Cc1ccc(F)c(F)c1. The molecule has 1 atom stereocenters. The van der Waals surface area contributed by atoms with Gasteiger partial charge in [-0.2, -0.15) is 0 Å². The van der Waals surface area contributed by atoms with Crippen molar-refractivity contribution in [3.8, 4) is 0 Å². The summed E-state index contributed by atoms with van der Waals surface area (Å²) in [4.78, 5) is 0. The Hall–Kier alpha value is -1.00. The van der Waals surface area contributed by atoms with Crippen molar-refractivity contribution in [3.63, 3.8) is 0 Å². The number of benzene rings is 1. The van der Waals surface area contributed by atoms with Gasteiger partial charge in [0.05, 0.1) is 6.61 Å². The highest BCUT2D eigenvalue weighted by atomic mass is 19.2. The molecule has 0 radical (unpaired) electrons. The van der Waals surface area contributed by atoms with E-state index in [1.807, 2.05) is 0 Å². The fraction of sp³-hybridized carbons (Fsp3) is 0.333. The molecule has 0 heterocycles. The zero-order chi connectivity index (χ0) is 9.84. The van der Waals surface area contributed by atoms with Gasteiger partial charge in [0.15, 0.2) is 11.6 Å². The van der Waals surface area contributed by atoms with Crippen molar-refractivity contribution in [3.05, 3.63) is 35.4 Å². The van der Waals surface area contributed by atoms with Gasteiger partial charge in [-0.25, -0.2) is 8.78 Å². The van der Waals surface area contributed by atoms with E-state index in [9.17, 15) is 8.78 Å². The summed E-state index contributed by atoms with van der Waals surface area (Å²) in [6, 6.07) is 3.16. The maximum atomic E-state index is 12.7. The first-order valence-electron chi connectivity index (χ1n) is 3.94. The van der Waals surface area contributed by atoms with Crippen LogP contribution in [0.5, 0.6) is 0 Å². The largest absolute Gasteiger partial charge is 0.395 e. The van der Waals surface area contributed by atoms with E-state index < -0.39 is 17.7 Å². The van der Waals surface area contributed by atoms with Crippen LogP contribution in [-0.4, -0.2) is 17.8 Å². The lowest BCUT2D eigenvalue weighted by Gasteiger charge is -2.07. The monoisotopic (exact) mass is 187 g/mol. The lowest BCUT2D eigenvalue weighted by Crippen LogP contribution is -2.26. The van der Waals surface area contributed by atoms with Crippen LogP contribution in [-0.2, 0) is 6.42 Å². The van der Waals surface area contributed by atoms with Crippen LogP contribution < -0.4 is 5.73 Å². The lowest BCUT2D eigenvalue weighted by atomic mass is 10.1. The van der Waals surface area contributed by atoms with Gasteiger partial charge in [-0.3, -0.25) is 0 Å². The summed E-state index contributed by atoms with van der Waals surface area (Å²) in [5, 5.41) is 8.63. The molecule has 0 saturated heterocycles. The third-order valence-electron chi connectivity index (χ3n) is 1.72. The maximum absolute atomic E-state index is 12.7. The quantitative estimate of drug-likeness (QED) is 0.736. The van der Waals surface area contributed by atoms with E-state index in [1.165, 1.54) is 6.07 Å². The van der Waals surface area contributed by atoms with Gasteiger partial charge in [0.1, 0.15) is 0 Å². The summed E-state index contributed by atoms with van der Waals surface area (Å²) in [6.45, 7) is -0.168. The number of aliphatic hydroxyl groups excluding tert-OH is 1. The van der Waals surface area contributed by atoms with Gasteiger partial charge in [0, 0.05) is 6.04 Å². The Bertz CT molecular complexity index is 291. The topological polar surface area (TPSA) is 46.2 Å². The molecule has 1 aromatic rings. The van der Waals surface area contributed by atoms with E-state index in [0.717, 1.165) is 12.1 Å². The van der Waals surface area contributed by atoms with Gasteiger partial charge >= 0.3 is 0 Å². The van der Waals surface area contributed by atoms with E-state index in [1.54, 1.807) is 0 Å². The minimum atomic E-state index is -0.886. The molecule has 0 saturated carbocycles. The Morgan fingerprint density at radius 2 is 2.00 bits per heavy atom. The average molecular weight is 187 g/mol. The molecule has 0 aromatic heterocycles. The van der Waals surface area contributed by atoms with Crippen molar-refractivity contribution in [1.29, 1.82) is 0 Å². The van der Waals surface area contributed by atoms with Crippen LogP contribution in [0, 0.1) is 11.6 Å². The van der Waals surface area contributed by atoms with Crippen molar-refractivity contribution >= 4 is 0 Å². The molecule has 13 heavy (non-hydrogen) atoms. The average Bonchev–Trinajstić information content (AvgIpc) is 2.11. The van der Waals surface area contributed by atoms with Crippen LogP contribution in [0.3, 0.4) is 0 Å². The third kappa shape index (κ3) is 2.75. The maximum Gasteiger partial charge on any atom is 0.159 e. The molecule has 0 amide bonds. The summed E-state index contributed by atoms with van der Waals surface area (Å²) in [5.74, 6) is -1.76. The first-order chi connectivity index (χ1) is 6.13. The van der Waals surface area contributed by atoms with Gasteiger partial charge in [0.2, 0.25) is 0 Å². The van der Waals surface area contributed by atoms with E-state index in [0.29, 0.717) is 12.0 Å². The minimum absolute atomic E-state index is 0.168. The predicted octanol–water partition coefficient (Wildman–Crippen LogP) is 0.827. The van der Waals surface area contributed by atoms with Gasteiger partial charge < -0.3 is 10.8 Å². The van der Waals surface area contributed by atoms with Gasteiger partial charge in [0.25, 0.3) is 0 Å². The molecule has 0 spiro atoms. The molecule has 0 bridgehead atoms. The highest BCUT2D eigenvalue weighted by molar-refractivity contribution is 5.18. The van der Waals surface area contributed by atoms with Crippen molar-refractivity contribution < 1.29 is 13.9 Å². The molecular formula is C9H11F2NO. The Morgan fingerprint density at radius 1 is 1.31 bits per heavy atom. The highest BCUT2D eigenvalue weighted by Gasteiger charge is 2.05. The second-order valence-corrected chi connectivity index (χ2v) is 2.90. The molecule has 0 aliphatic rings. The Labute approximate surface area is 75.0 Å². The number of rotatable bonds is 3. The van der Waals surface area contributed by atoms with E-state index >= 15 is 0 Å². The smallest absolute Gasteiger partial charge is 0.159 e. The summed E-state index contributed by atoms with van der Waals surface area (Å²) >= 11 is 0. The van der Waals surface area contributed by atoms with Crippen LogP contribution >= 0.6 is 0 Å². The molecule has 0 aliphatic carbocycles. The molecule has 2 nitrogen and oxygen atoms in total. The molecule has 0 fully saturated rings. The molecule has 1 aromatic carbocycles. The summed E-state index contributed by atoms with van der Waals surface area (Å²) in [5.41, 5.74) is 6.01. The second-order valence-electron chi connectivity index (χ2n) is 2.90. The van der Waals surface area contributed by atoms with Gasteiger partial charge in [-0.05, 0) is 24.1 Å². The Kier molecular flexibility index (Phi) is 3.33. The van der Waals surface area contributed by atoms with Crippen LogP contribution in [0.2, 0.25) is 0 Å². The molecule has 72 valence electrons. The summed E-state index contributed by atoms with van der Waals surface area (Å²) in [7, 11) is 0. The number of hydrogen-bond donors (Lipinski definition) is 2. The first kappa shape index (κ1) is 10.1. The predicted molar refractivity (Wildman–Crippen MR) is 45.1 cm³/mol. The van der Waals surface area contributed by atoms with Gasteiger partial charge in [-0.15, -0.1) is 0 Å². The van der Waals surface area contributed by atoms with Crippen molar-refractivity contribution in [2.75, 3.05) is 6.61 Å². The fourth-order valence-electron chi connectivity index (χ4n) is 1.03. The van der Waals surface area contributed by atoms with Gasteiger partial charge in [-0.1, -0.05) is 6.07 Å². The Balaban J connectivity index is 2.73. The zero-order valence-corrected chi connectivity index (χ0v) is 7.00. The van der Waals surface area contributed by atoms with Crippen LogP contribution in [0.15, 0.2) is 18.2 Å². The van der Waals surface area contributed by atoms with Crippen molar-refractivity contribution in [2.24, 2.45) is 5.73 Å². The molecular weight excluding hydrogens is 176 g/mol. The normalized spacial score (nSPS) is 12.9. The minimum Gasteiger partial charge on any atom is -0.395 e. The molecule has 4 heteroatoms. The molecule has 0 aliphatic heterocycles. The molecule has 1 rings (SSSR count). The summed E-state index contributed by atoms with van der Waals surface area (Å²) in [6.07, 6.45) is 0.341. The first-order valence-corrected chi connectivity index (χ1v) is 3.94. The van der Waals surface area contributed by atoms with Crippen LogP contribution in [0.4, 0.5) is 8.78 Å². The zero-order valence-electron chi connectivity index (χ0n) is 7.00. The summed E-state index contributed by atoms with van der Waals surface area (Å²) < 4.78 is 25.1. The number of halogens is 2. The number of nitrogens with two attached hydrogens (primary N) is 1. The van der Waals surface area contributed by atoms with Crippen molar-refractivity contribution in [1.82, 2.24) is 0 Å².